The summed E-state index contributed by atoms with van der Waals surface area (Å²) in [5.74, 6) is -0.530. The number of urea groups is 1. The van der Waals surface area contributed by atoms with Crippen molar-refractivity contribution in [2.45, 2.75) is 64.2 Å². The molecule has 1 aliphatic carbocycles. The first-order valence-electron chi connectivity index (χ1n) is 13.2. The van der Waals surface area contributed by atoms with Crippen LogP contribution >= 0.6 is 0 Å². The van der Waals surface area contributed by atoms with Crippen molar-refractivity contribution in [2.24, 2.45) is 5.92 Å². The Morgan fingerprint density at radius 1 is 1.16 bits per heavy atom. The number of benzene rings is 1. The highest BCUT2D eigenvalue weighted by molar-refractivity contribution is 5.76. The van der Waals surface area contributed by atoms with Gasteiger partial charge in [-0.25, -0.2) is 13.6 Å². The average molecular weight is 507 g/mol. The maximum Gasteiger partial charge on any atom is 0.317 e. The smallest absolute Gasteiger partial charge is 0.317 e. The Kier molecular flexibility index (Phi) is 6.40. The van der Waals surface area contributed by atoms with Gasteiger partial charge in [0.05, 0.1) is 12.2 Å². The van der Waals surface area contributed by atoms with E-state index in [-0.39, 0.29) is 30.2 Å². The van der Waals surface area contributed by atoms with Crippen LogP contribution in [0.2, 0.25) is 0 Å². The first-order valence-corrected chi connectivity index (χ1v) is 13.2. The summed E-state index contributed by atoms with van der Waals surface area (Å²) in [6, 6.07) is 7.90. The third-order valence-corrected chi connectivity index (χ3v) is 8.31. The molecule has 2 aromatic heterocycles. The molecule has 3 aliphatic heterocycles. The molecule has 37 heavy (non-hydrogen) atoms. The van der Waals surface area contributed by atoms with E-state index in [0.717, 1.165) is 60.4 Å². The van der Waals surface area contributed by atoms with E-state index in [1.54, 1.807) is 6.20 Å². The van der Waals surface area contributed by atoms with Crippen molar-refractivity contribution in [1.29, 1.82) is 0 Å². The van der Waals surface area contributed by atoms with Gasteiger partial charge in [0.1, 0.15) is 11.6 Å². The van der Waals surface area contributed by atoms with E-state index in [9.17, 15) is 13.6 Å². The summed E-state index contributed by atoms with van der Waals surface area (Å²) in [6.45, 7) is 4.08. The van der Waals surface area contributed by atoms with E-state index in [1.807, 2.05) is 24.0 Å². The Morgan fingerprint density at radius 3 is 2.78 bits per heavy atom. The number of carbonyl (C=O) groups excluding carboxylic acids is 1. The molecule has 3 unspecified atom stereocenters. The molecule has 9 heteroatoms. The summed E-state index contributed by atoms with van der Waals surface area (Å²) in [6.07, 6.45) is 6.39. The van der Waals surface area contributed by atoms with E-state index >= 15 is 0 Å². The number of H-pyrrole nitrogens is 1. The molecule has 3 atom stereocenters. The topological polar surface area (TPSA) is 77.2 Å². The van der Waals surface area contributed by atoms with E-state index in [1.165, 1.54) is 18.2 Å². The van der Waals surface area contributed by atoms with Gasteiger partial charge in [0.2, 0.25) is 0 Å². The molecule has 3 fully saturated rings. The SMILES string of the molecule is Cc1cc(-c2n[nH]c3c2CN(C(=O)NC2CCC4CCC2N(Cc2c(F)cccc2F)C4)CC3)ccn1. The predicted molar refractivity (Wildman–Crippen MR) is 136 cm³/mol. The first-order chi connectivity index (χ1) is 18.0. The molecule has 2 saturated heterocycles. The highest BCUT2D eigenvalue weighted by atomic mass is 19.1. The Balaban J connectivity index is 1.18. The number of fused-ring (bicyclic) bond motifs is 5. The number of halogens is 2. The highest BCUT2D eigenvalue weighted by Crippen LogP contribution is 2.35. The lowest BCUT2D eigenvalue weighted by Gasteiger charge is -2.40. The molecular formula is C28H32F2N6O. The summed E-state index contributed by atoms with van der Waals surface area (Å²) in [5, 5.41) is 11.0. The van der Waals surface area contributed by atoms with Gasteiger partial charge in [0, 0.05) is 72.4 Å². The summed E-state index contributed by atoms with van der Waals surface area (Å²) in [5.41, 5.74) is 5.00. The zero-order valence-electron chi connectivity index (χ0n) is 21.0. The summed E-state index contributed by atoms with van der Waals surface area (Å²) in [4.78, 5) is 21.8. The minimum atomic E-state index is -0.509. The van der Waals surface area contributed by atoms with Gasteiger partial charge in [-0.15, -0.1) is 0 Å². The summed E-state index contributed by atoms with van der Waals surface area (Å²) >= 11 is 0. The van der Waals surface area contributed by atoms with Gasteiger partial charge in [0.15, 0.2) is 0 Å². The molecule has 194 valence electrons. The van der Waals surface area contributed by atoms with Crippen molar-refractivity contribution in [1.82, 2.24) is 30.3 Å². The molecule has 2 amide bonds. The van der Waals surface area contributed by atoms with E-state index in [2.05, 4.69) is 25.4 Å². The van der Waals surface area contributed by atoms with Gasteiger partial charge in [-0.2, -0.15) is 5.10 Å². The Morgan fingerprint density at radius 2 is 1.97 bits per heavy atom. The fourth-order valence-electron chi connectivity index (χ4n) is 6.33. The minimum absolute atomic E-state index is 0.0529. The second-order valence-corrected chi connectivity index (χ2v) is 10.7. The molecule has 1 aromatic carbocycles. The number of aromatic amines is 1. The summed E-state index contributed by atoms with van der Waals surface area (Å²) in [7, 11) is 0. The molecule has 2 bridgehead atoms. The lowest BCUT2D eigenvalue weighted by molar-refractivity contribution is 0.0956. The van der Waals surface area contributed by atoms with Crippen LogP contribution in [0.25, 0.3) is 11.3 Å². The largest absolute Gasteiger partial charge is 0.334 e. The van der Waals surface area contributed by atoms with Crippen LogP contribution in [0.1, 0.15) is 48.2 Å². The molecule has 0 spiro atoms. The fourth-order valence-corrected chi connectivity index (χ4v) is 6.33. The third-order valence-electron chi connectivity index (χ3n) is 8.31. The number of piperidine rings is 1. The maximum absolute atomic E-state index is 14.4. The standard InChI is InChI=1S/C28H32F2N6O/c1-17-13-19(9-11-31-17)27-21-16-35(12-10-24(21)33-34-27)28(37)32-25-7-5-18-6-8-26(25)36(14-18)15-20-22(29)3-2-4-23(20)30/h2-4,9,11,13,18,25-26H,5-8,10,12,14-16H2,1H3,(H,32,37)(H,33,34). The minimum Gasteiger partial charge on any atom is -0.334 e. The van der Waals surface area contributed by atoms with Crippen LogP contribution in [0.3, 0.4) is 0 Å². The zero-order valence-corrected chi connectivity index (χ0v) is 21.0. The predicted octanol–water partition coefficient (Wildman–Crippen LogP) is 4.57. The van der Waals surface area contributed by atoms with Gasteiger partial charge in [-0.1, -0.05) is 6.07 Å². The maximum atomic E-state index is 14.4. The molecule has 7 rings (SSSR count). The molecule has 7 nitrogen and oxygen atoms in total. The number of carbonyl (C=O) groups is 1. The number of aromatic nitrogens is 3. The van der Waals surface area contributed by atoms with Crippen LogP contribution in [0.4, 0.5) is 13.6 Å². The molecule has 3 aromatic rings. The van der Waals surface area contributed by atoms with Gasteiger partial charge in [-0.3, -0.25) is 15.0 Å². The first kappa shape index (κ1) is 24.0. The number of pyridine rings is 1. The molecule has 2 N–H and O–H groups in total. The van der Waals surface area contributed by atoms with Gasteiger partial charge >= 0.3 is 6.03 Å². The van der Waals surface area contributed by atoms with Crippen molar-refractivity contribution >= 4 is 6.03 Å². The highest BCUT2D eigenvalue weighted by Gasteiger charge is 2.39. The number of nitrogens with one attached hydrogen (secondary N) is 2. The quantitative estimate of drug-likeness (QED) is 0.544. The van der Waals surface area contributed by atoms with Crippen molar-refractivity contribution in [2.75, 3.05) is 13.1 Å². The Labute approximate surface area is 215 Å². The zero-order chi connectivity index (χ0) is 25.5. The van der Waals surface area contributed by atoms with Gasteiger partial charge in [-0.05, 0) is 62.8 Å². The lowest BCUT2D eigenvalue weighted by Crippen LogP contribution is -2.55. The molecular weight excluding hydrogens is 474 g/mol. The van der Waals surface area contributed by atoms with Crippen LogP contribution in [0, 0.1) is 24.5 Å². The van der Waals surface area contributed by atoms with Crippen molar-refractivity contribution < 1.29 is 13.6 Å². The Hall–Kier alpha value is -3.33. The number of hydrogen-bond acceptors (Lipinski definition) is 4. The monoisotopic (exact) mass is 506 g/mol. The van der Waals surface area contributed by atoms with Gasteiger partial charge < -0.3 is 10.2 Å². The normalized spacial score (nSPS) is 23.5. The number of hydrogen-bond donors (Lipinski definition) is 2. The van der Waals surface area contributed by atoms with E-state index < -0.39 is 11.6 Å². The average Bonchev–Trinajstić information content (AvgIpc) is 3.14. The molecule has 4 aliphatic rings. The van der Waals surface area contributed by atoms with Crippen molar-refractivity contribution in [3.05, 3.63) is 70.7 Å². The van der Waals surface area contributed by atoms with E-state index in [0.29, 0.717) is 25.4 Å². The van der Waals surface area contributed by atoms with E-state index in [4.69, 9.17) is 0 Å². The Bertz CT molecular complexity index is 1290. The second kappa shape index (κ2) is 9.85. The van der Waals surface area contributed by atoms with Crippen molar-refractivity contribution in [3.63, 3.8) is 0 Å². The van der Waals surface area contributed by atoms with Crippen LogP contribution in [-0.2, 0) is 19.5 Å². The number of amides is 2. The number of nitrogens with zero attached hydrogens (tertiary/aromatic N) is 4. The van der Waals surface area contributed by atoms with Crippen LogP contribution < -0.4 is 5.32 Å². The number of aryl methyl sites for hydroxylation is 1. The van der Waals surface area contributed by atoms with Crippen molar-refractivity contribution in [3.8, 4) is 11.3 Å². The van der Waals surface area contributed by atoms with Crippen LogP contribution in [0.15, 0.2) is 36.5 Å². The van der Waals surface area contributed by atoms with Crippen LogP contribution in [-0.4, -0.2) is 56.2 Å². The second-order valence-electron chi connectivity index (χ2n) is 10.7. The number of rotatable bonds is 4. The van der Waals surface area contributed by atoms with Crippen LogP contribution in [0.5, 0.6) is 0 Å². The summed E-state index contributed by atoms with van der Waals surface area (Å²) < 4.78 is 28.8. The third kappa shape index (κ3) is 4.72. The fraction of sp³-hybridized carbons (Fsp3) is 0.464. The molecule has 5 heterocycles. The molecule has 1 saturated carbocycles. The van der Waals surface area contributed by atoms with Gasteiger partial charge in [0.25, 0.3) is 0 Å². The lowest BCUT2D eigenvalue weighted by atomic mass is 9.93. The molecule has 0 radical (unpaired) electrons.